The largest absolute Gasteiger partial charge is 0.363 e. The number of carbonyl (C=O) groups excluding carboxylic acids is 1. The number of carbonyl (C=O) groups is 1. The van der Waals surface area contributed by atoms with E-state index in [1.807, 2.05) is 14.1 Å². The zero-order valence-electron chi connectivity index (χ0n) is 15.3. The lowest BCUT2D eigenvalue weighted by atomic mass is 10.1. The molecule has 2 aromatic carbocycles. The van der Waals surface area contributed by atoms with Crippen molar-refractivity contribution in [3.05, 3.63) is 59.1 Å². The first-order chi connectivity index (χ1) is 13.1. The number of aromatic nitrogens is 1. The van der Waals surface area contributed by atoms with Crippen molar-refractivity contribution in [1.29, 1.82) is 0 Å². The molecule has 146 valence electrons. The Bertz CT molecular complexity index is 1160. The maximum atomic E-state index is 12.4. The molecule has 0 atom stereocenters. The minimum Gasteiger partial charge on any atom is -0.363 e. The number of fused-ring (bicyclic) bond motifs is 1. The van der Waals surface area contributed by atoms with Crippen LogP contribution in [-0.2, 0) is 21.2 Å². The summed E-state index contributed by atoms with van der Waals surface area (Å²) in [6.07, 6.45) is 0.0492. The van der Waals surface area contributed by atoms with Gasteiger partial charge in [-0.25, -0.2) is 18.5 Å². The number of rotatable bonds is 5. The van der Waals surface area contributed by atoms with Gasteiger partial charge in [0.05, 0.1) is 16.8 Å². The lowest BCUT2D eigenvalue weighted by Crippen LogP contribution is -2.17. The number of benzene rings is 2. The van der Waals surface area contributed by atoms with E-state index in [4.69, 9.17) is 16.7 Å². The van der Waals surface area contributed by atoms with Gasteiger partial charge in [-0.1, -0.05) is 29.8 Å². The highest BCUT2D eigenvalue weighted by Gasteiger charge is 2.17. The number of nitrogens with two attached hydrogens (primary N) is 1. The monoisotopic (exact) mass is 418 g/mol. The van der Waals surface area contributed by atoms with E-state index in [0.717, 1.165) is 0 Å². The van der Waals surface area contributed by atoms with E-state index in [0.29, 0.717) is 27.3 Å². The van der Waals surface area contributed by atoms with Gasteiger partial charge in [0.25, 0.3) is 0 Å². The molecule has 0 saturated heterocycles. The van der Waals surface area contributed by atoms with Crippen molar-refractivity contribution in [2.24, 2.45) is 5.14 Å². The molecule has 0 aliphatic rings. The number of amides is 1. The van der Waals surface area contributed by atoms with Crippen LogP contribution in [-0.4, -0.2) is 33.4 Å². The number of pyridine rings is 1. The lowest BCUT2D eigenvalue weighted by molar-refractivity contribution is -0.115. The zero-order chi connectivity index (χ0) is 20.5. The first-order valence-corrected chi connectivity index (χ1v) is 10.3. The van der Waals surface area contributed by atoms with E-state index in [2.05, 4.69) is 10.3 Å². The third kappa shape index (κ3) is 4.41. The molecule has 9 heteroatoms. The topological polar surface area (TPSA) is 105 Å². The molecule has 0 bridgehead atoms. The SMILES string of the molecule is CN(C)c1ccc2c(S(N)(=O)=O)cc(NC(=O)Cc3ccccc3Cl)cc2n1. The summed E-state index contributed by atoms with van der Waals surface area (Å²) in [5.41, 5.74) is 1.37. The number of hydrogen-bond acceptors (Lipinski definition) is 5. The normalized spacial score (nSPS) is 11.4. The Morgan fingerprint density at radius 3 is 2.54 bits per heavy atom. The van der Waals surface area contributed by atoms with Crippen molar-refractivity contribution in [1.82, 2.24) is 4.98 Å². The van der Waals surface area contributed by atoms with Crippen LogP contribution in [0.3, 0.4) is 0 Å². The molecule has 1 amide bonds. The fraction of sp³-hybridized carbons (Fsp3) is 0.158. The number of hydrogen-bond donors (Lipinski definition) is 2. The van der Waals surface area contributed by atoms with E-state index >= 15 is 0 Å². The maximum Gasteiger partial charge on any atom is 0.238 e. The first-order valence-electron chi connectivity index (χ1n) is 8.33. The third-order valence-electron chi connectivity index (χ3n) is 4.11. The molecule has 0 fully saturated rings. The van der Waals surface area contributed by atoms with Crippen LogP contribution >= 0.6 is 11.6 Å². The molecule has 1 heterocycles. The fourth-order valence-corrected chi connectivity index (χ4v) is 3.74. The van der Waals surface area contributed by atoms with Crippen LogP contribution in [0, 0.1) is 0 Å². The highest BCUT2D eigenvalue weighted by molar-refractivity contribution is 7.89. The molecular formula is C19H19ClN4O3S. The Morgan fingerprint density at radius 1 is 1.18 bits per heavy atom. The van der Waals surface area contributed by atoms with Crippen molar-refractivity contribution >= 4 is 49.9 Å². The molecule has 0 unspecified atom stereocenters. The Morgan fingerprint density at radius 2 is 1.89 bits per heavy atom. The van der Waals surface area contributed by atoms with Crippen LogP contribution in [0.25, 0.3) is 10.9 Å². The van der Waals surface area contributed by atoms with Crippen molar-refractivity contribution in [3.8, 4) is 0 Å². The summed E-state index contributed by atoms with van der Waals surface area (Å²) < 4.78 is 24.1. The summed E-state index contributed by atoms with van der Waals surface area (Å²) in [6.45, 7) is 0. The van der Waals surface area contributed by atoms with Crippen LogP contribution in [0.1, 0.15) is 5.56 Å². The Labute approximate surface area is 168 Å². The van der Waals surface area contributed by atoms with Crippen LogP contribution in [0.2, 0.25) is 5.02 Å². The number of halogens is 1. The minimum atomic E-state index is -4.01. The van der Waals surface area contributed by atoms with Crippen molar-refractivity contribution in [2.75, 3.05) is 24.3 Å². The smallest absolute Gasteiger partial charge is 0.238 e. The quantitative estimate of drug-likeness (QED) is 0.662. The van der Waals surface area contributed by atoms with Gasteiger partial charge in [-0.2, -0.15) is 0 Å². The molecule has 0 radical (unpaired) electrons. The van der Waals surface area contributed by atoms with Crippen molar-refractivity contribution in [3.63, 3.8) is 0 Å². The summed E-state index contributed by atoms with van der Waals surface area (Å²) in [7, 11) is -0.366. The number of primary sulfonamides is 1. The Balaban J connectivity index is 2.00. The predicted octanol–water partition coefficient (Wildman–Crippen LogP) is 2.78. The predicted molar refractivity (Wildman–Crippen MR) is 111 cm³/mol. The second-order valence-corrected chi connectivity index (χ2v) is 8.40. The molecule has 7 nitrogen and oxygen atoms in total. The van der Waals surface area contributed by atoms with Gasteiger partial charge in [-0.3, -0.25) is 4.79 Å². The molecule has 28 heavy (non-hydrogen) atoms. The molecular weight excluding hydrogens is 400 g/mol. The molecule has 3 rings (SSSR count). The number of anilines is 2. The van der Waals surface area contributed by atoms with E-state index in [1.165, 1.54) is 6.07 Å². The highest BCUT2D eigenvalue weighted by atomic mass is 35.5. The van der Waals surface area contributed by atoms with E-state index in [-0.39, 0.29) is 22.9 Å². The fourth-order valence-electron chi connectivity index (χ4n) is 2.77. The average Bonchev–Trinajstić information content (AvgIpc) is 2.61. The van der Waals surface area contributed by atoms with Crippen molar-refractivity contribution < 1.29 is 13.2 Å². The van der Waals surface area contributed by atoms with E-state index < -0.39 is 10.0 Å². The molecule has 3 aromatic rings. The molecule has 0 saturated carbocycles. The van der Waals surface area contributed by atoms with Gasteiger partial charge in [0, 0.05) is 30.2 Å². The number of sulfonamides is 1. The van der Waals surface area contributed by atoms with Gasteiger partial charge in [0.15, 0.2) is 0 Å². The standard InChI is InChI=1S/C19H19ClN4O3S/c1-24(2)18-8-7-14-16(23-18)10-13(11-17(14)28(21,26)27)22-19(25)9-12-5-3-4-6-15(12)20/h3-8,10-11H,9H2,1-2H3,(H,22,25)(H2,21,26,27). The molecule has 1 aromatic heterocycles. The summed E-state index contributed by atoms with van der Waals surface area (Å²) in [5, 5.41) is 8.94. The van der Waals surface area contributed by atoms with Gasteiger partial charge < -0.3 is 10.2 Å². The Kier molecular flexibility index (Phi) is 5.55. The van der Waals surface area contributed by atoms with E-state index in [1.54, 1.807) is 47.4 Å². The summed E-state index contributed by atoms with van der Waals surface area (Å²) in [4.78, 5) is 18.6. The van der Waals surface area contributed by atoms with Crippen LogP contribution in [0.15, 0.2) is 53.4 Å². The zero-order valence-corrected chi connectivity index (χ0v) is 16.9. The Hall–Kier alpha value is -2.68. The second kappa shape index (κ2) is 7.75. The summed E-state index contributed by atoms with van der Waals surface area (Å²) in [6, 6.07) is 13.3. The van der Waals surface area contributed by atoms with Gasteiger partial charge in [0.2, 0.25) is 15.9 Å². The van der Waals surface area contributed by atoms with E-state index in [9.17, 15) is 13.2 Å². The molecule has 3 N–H and O–H groups in total. The van der Waals surface area contributed by atoms with Gasteiger partial charge in [-0.05, 0) is 35.9 Å². The number of nitrogens with one attached hydrogen (secondary N) is 1. The van der Waals surface area contributed by atoms with Gasteiger partial charge in [-0.15, -0.1) is 0 Å². The molecule has 0 aliphatic carbocycles. The van der Waals surface area contributed by atoms with Gasteiger partial charge >= 0.3 is 0 Å². The van der Waals surface area contributed by atoms with Crippen LogP contribution < -0.4 is 15.4 Å². The van der Waals surface area contributed by atoms with Crippen LogP contribution in [0.4, 0.5) is 11.5 Å². The summed E-state index contributed by atoms with van der Waals surface area (Å²) in [5.74, 6) is 0.309. The first kappa shape index (κ1) is 20.1. The average molecular weight is 419 g/mol. The highest BCUT2D eigenvalue weighted by Crippen LogP contribution is 2.28. The second-order valence-electron chi connectivity index (χ2n) is 6.47. The number of nitrogens with zero attached hydrogens (tertiary/aromatic N) is 2. The molecule has 0 aliphatic heterocycles. The minimum absolute atomic E-state index is 0.0492. The summed E-state index contributed by atoms with van der Waals surface area (Å²) >= 11 is 6.09. The third-order valence-corrected chi connectivity index (χ3v) is 5.43. The van der Waals surface area contributed by atoms with Gasteiger partial charge in [0.1, 0.15) is 5.82 Å². The lowest BCUT2D eigenvalue weighted by Gasteiger charge is -2.14. The maximum absolute atomic E-state index is 12.4. The molecule has 0 spiro atoms. The van der Waals surface area contributed by atoms with Crippen molar-refractivity contribution in [2.45, 2.75) is 11.3 Å². The van der Waals surface area contributed by atoms with Crippen LogP contribution in [0.5, 0.6) is 0 Å².